The Hall–Kier alpha value is -3.48. The van der Waals surface area contributed by atoms with Gasteiger partial charge in [-0.25, -0.2) is 4.79 Å². The lowest BCUT2D eigenvalue weighted by Gasteiger charge is -2.32. The molecule has 188 valence electrons. The molecule has 3 aromatic rings. The van der Waals surface area contributed by atoms with Crippen molar-refractivity contribution in [3.63, 3.8) is 0 Å². The summed E-state index contributed by atoms with van der Waals surface area (Å²) in [5.74, 6) is -1.83. The van der Waals surface area contributed by atoms with Gasteiger partial charge in [-0.05, 0) is 42.9 Å². The van der Waals surface area contributed by atoms with Gasteiger partial charge in [-0.2, -0.15) is 0 Å². The van der Waals surface area contributed by atoms with Crippen LogP contribution in [-0.4, -0.2) is 63.3 Å². The summed E-state index contributed by atoms with van der Waals surface area (Å²) in [6.45, 7) is 2.59. The average Bonchev–Trinajstić information content (AvgIpc) is 3.34. The Labute approximate surface area is 212 Å². The first kappa shape index (κ1) is 25.6. The fourth-order valence-electron chi connectivity index (χ4n) is 5.25. The molecule has 0 aromatic heterocycles. The second-order valence-corrected chi connectivity index (χ2v) is 9.45. The van der Waals surface area contributed by atoms with E-state index < -0.39 is 24.2 Å². The Balaban J connectivity index is 1.55. The number of carbonyl (C=O) groups is 2. The summed E-state index contributed by atoms with van der Waals surface area (Å²) in [6.07, 6.45) is 1.24. The van der Waals surface area contributed by atoms with Crippen LogP contribution in [0.4, 0.5) is 0 Å². The number of aryl methyl sites for hydroxylation is 1. The Morgan fingerprint density at radius 3 is 1.94 bits per heavy atom. The SMILES string of the molecule is CC(O)N(CCCc1ccccc1)[C@H]1C[C@@H](C(=O)O)N(C(=O)C(c2ccccc2)c2ccccc2)C1. The number of carbonyl (C=O) groups excluding carboxylic acids is 1. The van der Waals surface area contributed by atoms with Gasteiger partial charge >= 0.3 is 5.97 Å². The number of nitrogens with zero attached hydrogens (tertiary/aromatic N) is 2. The van der Waals surface area contributed by atoms with Crippen molar-refractivity contribution >= 4 is 11.9 Å². The number of aliphatic hydroxyl groups is 1. The van der Waals surface area contributed by atoms with Crippen molar-refractivity contribution in [2.24, 2.45) is 0 Å². The summed E-state index contributed by atoms with van der Waals surface area (Å²) in [5, 5.41) is 20.6. The van der Waals surface area contributed by atoms with Crippen LogP contribution in [0.15, 0.2) is 91.0 Å². The standard InChI is InChI=1S/C30H34N2O4/c1-22(33)31(19-11-14-23-12-5-2-6-13-23)26-20-27(30(35)36)32(21-26)29(34)28(24-15-7-3-8-16-24)25-17-9-4-10-18-25/h2-10,12-13,15-18,22,26-28,33H,11,14,19-21H2,1H3,(H,35,36)/t22?,26-,27-/m0/s1. The maximum absolute atomic E-state index is 14.0. The summed E-state index contributed by atoms with van der Waals surface area (Å²) < 4.78 is 0. The van der Waals surface area contributed by atoms with E-state index in [0.717, 1.165) is 24.0 Å². The van der Waals surface area contributed by atoms with Gasteiger partial charge in [0.2, 0.25) is 5.91 Å². The lowest BCUT2D eigenvalue weighted by Crippen LogP contribution is -2.46. The average molecular weight is 487 g/mol. The predicted molar refractivity (Wildman–Crippen MR) is 139 cm³/mol. The number of aliphatic carboxylic acids is 1. The van der Waals surface area contributed by atoms with Crippen molar-refractivity contribution in [2.75, 3.05) is 13.1 Å². The third-order valence-corrected chi connectivity index (χ3v) is 7.03. The number of amides is 1. The van der Waals surface area contributed by atoms with Crippen LogP contribution in [0.3, 0.4) is 0 Å². The van der Waals surface area contributed by atoms with Crippen LogP contribution < -0.4 is 0 Å². The van der Waals surface area contributed by atoms with Crippen molar-refractivity contribution in [3.8, 4) is 0 Å². The number of rotatable bonds is 10. The summed E-state index contributed by atoms with van der Waals surface area (Å²) in [6, 6.07) is 28.0. The normalized spacial score (nSPS) is 18.5. The largest absolute Gasteiger partial charge is 0.480 e. The second kappa shape index (κ2) is 12.0. The number of hydrogen-bond donors (Lipinski definition) is 2. The number of benzene rings is 3. The minimum atomic E-state index is -1.01. The molecule has 0 saturated carbocycles. The molecular weight excluding hydrogens is 452 g/mol. The molecule has 1 amide bonds. The Morgan fingerprint density at radius 2 is 1.44 bits per heavy atom. The van der Waals surface area contributed by atoms with Crippen LogP contribution in [0.2, 0.25) is 0 Å². The number of aliphatic hydroxyl groups excluding tert-OH is 1. The van der Waals surface area contributed by atoms with Crippen molar-refractivity contribution in [1.29, 1.82) is 0 Å². The zero-order chi connectivity index (χ0) is 25.5. The van der Waals surface area contributed by atoms with Gasteiger partial charge in [0.25, 0.3) is 0 Å². The maximum atomic E-state index is 14.0. The van der Waals surface area contributed by atoms with Crippen LogP contribution in [0.1, 0.15) is 42.4 Å². The molecule has 3 aromatic carbocycles. The highest BCUT2D eigenvalue weighted by atomic mass is 16.4. The first-order valence-electron chi connectivity index (χ1n) is 12.6. The molecule has 1 aliphatic rings. The van der Waals surface area contributed by atoms with Crippen LogP contribution in [0, 0.1) is 0 Å². The van der Waals surface area contributed by atoms with E-state index in [1.807, 2.05) is 83.8 Å². The van der Waals surface area contributed by atoms with Gasteiger partial charge < -0.3 is 15.1 Å². The topological polar surface area (TPSA) is 81.1 Å². The molecular formula is C30H34N2O4. The molecule has 0 bridgehead atoms. The zero-order valence-corrected chi connectivity index (χ0v) is 20.6. The third-order valence-electron chi connectivity index (χ3n) is 7.03. The van der Waals surface area contributed by atoms with E-state index in [1.165, 1.54) is 10.5 Å². The molecule has 1 unspecified atom stereocenters. The van der Waals surface area contributed by atoms with Crippen LogP contribution >= 0.6 is 0 Å². The highest BCUT2D eigenvalue weighted by Crippen LogP contribution is 2.32. The molecule has 6 heteroatoms. The monoisotopic (exact) mass is 486 g/mol. The van der Waals surface area contributed by atoms with E-state index in [-0.39, 0.29) is 24.9 Å². The zero-order valence-electron chi connectivity index (χ0n) is 20.6. The predicted octanol–water partition coefficient (Wildman–Crippen LogP) is 4.15. The number of carboxylic acids is 1. The number of likely N-dealkylation sites (tertiary alicyclic amines) is 1. The summed E-state index contributed by atoms with van der Waals surface area (Å²) in [7, 11) is 0. The Kier molecular flexibility index (Phi) is 8.52. The molecule has 6 nitrogen and oxygen atoms in total. The molecule has 0 aliphatic carbocycles. The number of carboxylic acid groups (broad SMARTS) is 1. The van der Waals surface area contributed by atoms with Crippen molar-refractivity contribution in [1.82, 2.24) is 9.80 Å². The van der Waals surface area contributed by atoms with Gasteiger partial charge in [0.15, 0.2) is 0 Å². The van der Waals surface area contributed by atoms with Crippen molar-refractivity contribution in [2.45, 2.75) is 50.4 Å². The second-order valence-electron chi connectivity index (χ2n) is 9.45. The van der Waals surface area contributed by atoms with E-state index in [2.05, 4.69) is 12.1 Å². The molecule has 1 fully saturated rings. The van der Waals surface area contributed by atoms with Gasteiger partial charge in [-0.3, -0.25) is 9.69 Å². The van der Waals surface area contributed by atoms with Crippen LogP contribution in [0.5, 0.6) is 0 Å². The molecule has 3 atom stereocenters. The Morgan fingerprint density at radius 1 is 0.917 bits per heavy atom. The molecule has 0 radical (unpaired) electrons. The molecule has 2 N–H and O–H groups in total. The minimum Gasteiger partial charge on any atom is -0.480 e. The lowest BCUT2D eigenvalue weighted by atomic mass is 9.90. The third kappa shape index (κ3) is 6.01. The first-order chi connectivity index (χ1) is 17.5. The molecule has 4 rings (SSSR count). The summed E-state index contributed by atoms with van der Waals surface area (Å²) in [4.78, 5) is 29.7. The van der Waals surface area contributed by atoms with Gasteiger partial charge in [0, 0.05) is 19.1 Å². The fourth-order valence-corrected chi connectivity index (χ4v) is 5.25. The van der Waals surface area contributed by atoms with Gasteiger partial charge in [-0.15, -0.1) is 0 Å². The van der Waals surface area contributed by atoms with Gasteiger partial charge in [-0.1, -0.05) is 91.0 Å². The molecule has 36 heavy (non-hydrogen) atoms. The first-order valence-corrected chi connectivity index (χ1v) is 12.6. The van der Waals surface area contributed by atoms with E-state index in [4.69, 9.17) is 0 Å². The minimum absolute atomic E-state index is 0.225. The lowest BCUT2D eigenvalue weighted by molar-refractivity contribution is -0.148. The van der Waals surface area contributed by atoms with E-state index in [0.29, 0.717) is 6.54 Å². The van der Waals surface area contributed by atoms with Crippen molar-refractivity contribution < 1.29 is 19.8 Å². The smallest absolute Gasteiger partial charge is 0.326 e. The fraction of sp³-hybridized carbons (Fsp3) is 0.333. The molecule has 1 aliphatic heterocycles. The molecule has 0 spiro atoms. The van der Waals surface area contributed by atoms with Crippen LogP contribution in [0.25, 0.3) is 0 Å². The highest BCUT2D eigenvalue weighted by molar-refractivity contribution is 5.91. The summed E-state index contributed by atoms with van der Waals surface area (Å²) in [5.41, 5.74) is 2.89. The maximum Gasteiger partial charge on any atom is 0.326 e. The van der Waals surface area contributed by atoms with E-state index in [1.54, 1.807) is 6.92 Å². The highest BCUT2D eigenvalue weighted by Gasteiger charge is 2.44. The van der Waals surface area contributed by atoms with Gasteiger partial charge in [0.05, 0.1) is 5.92 Å². The van der Waals surface area contributed by atoms with Crippen molar-refractivity contribution in [3.05, 3.63) is 108 Å². The summed E-state index contributed by atoms with van der Waals surface area (Å²) >= 11 is 0. The van der Waals surface area contributed by atoms with Gasteiger partial charge in [0.1, 0.15) is 12.3 Å². The van der Waals surface area contributed by atoms with E-state index >= 15 is 0 Å². The Bertz CT molecular complexity index is 1080. The van der Waals surface area contributed by atoms with Crippen LogP contribution in [-0.2, 0) is 16.0 Å². The quantitative estimate of drug-likeness (QED) is 0.421. The number of hydrogen-bond acceptors (Lipinski definition) is 4. The van der Waals surface area contributed by atoms with E-state index in [9.17, 15) is 19.8 Å². The molecule has 1 heterocycles. The molecule has 1 saturated heterocycles.